The average Bonchev–Trinajstić information content (AvgIpc) is 2.51. The standard InChI is InChI=1S/C13H19N3O/c1-8(2)11-6-12-10(7-14-11)13(17)15(5)16(12)9(3)4/h6-9H,1-5H3. The Morgan fingerprint density at radius 2 is 1.88 bits per heavy atom. The summed E-state index contributed by atoms with van der Waals surface area (Å²) < 4.78 is 3.69. The first kappa shape index (κ1) is 11.9. The van der Waals surface area contributed by atoms with Crippen LogP contribution in [0.15, 0.2) is 17.1 Å². The van der Waals surface area contributed by atoms with Crippen LogP contribution >= 0.6 is 0 Å². The number of aromatic nitrogens is 3. The summed E-state index contributed by atoms with van der Waals surface area (Å²) in [6, 6.07) is 2.29. The van der Waals surface area contributed by atoms with Crippen molar-refractivity contribution < 1.29 is 0 Å². The predicted octanol–water partition coefficient (Wildman–Crippen LogP) is 2.44. The number of rotatable bonds is 2. The molecule has 0 fully saturated rings. The first-order chi connectivity index (χ1) is 7.93. The second kappa shape index (κ2) is 4.02. The molecule has 4 heteroatoms. The lowest BCUT2D eigenvalue weighted by Crippen LogP contribution is -2.20. The zero-order valence-corrected chi connectivity index (χ0v) is 11.1. The van der Waals surface area contributed by atoms with Crippen molar-refractivity contribution >= 4 is 10.9 Å². The van der Waals surface area contributed by atoms with Crippen molar-refractivity contribution in [3.8, 4) is 0 Å². The highest BCUT2D eigenvalue weighted by molar-refractivity contribution is 5.78. The van der Waals surface area contributed by atoms with Gasteiger partial charge >= 0.3 is 0 Å². The van der Waals surface area contributed by atoms with Crippen LogP contribution in [0, 0.1) is 0 Å². The summed E-state index contributed by atoms with van der Waals surface area (Å²) in [6.07, 6.45) is 1.70. The molecule has 0 N–H and O–H groups in total. The SMILES string of the molecule is CC(C)c1cc2c(cn1)c(=O)n(C)n2C(C)C. The molecule has 0 saturated heterocycles. The Balaban J connectivity index is 2.84. The van der Waals surface area contributed by atoms with Gasteiger partial charge in [0.1, 0.15) is 0 Å². The fourth-order valence-electron chi connectivity index (χ4n) is 2.19. The van der Waals surface area contributed by atoms with Crippen LogP contribution in [0.1, 0.15) is 45.3 Å². The van der Waals surface area contributed by atoms with Crippen LogP contribution < -0.4 is 5.56 Å². The van der Waals surface area contributed by atoms with Gasteiger partial charge in [0.25, 0.3) is 5.56 Å². The molecule has 0 amide bonds. The van der Waals surface area contributed by atoms with E-state index in [4.69, 9.17) is 0 Å². The number of nitrogens with zero attached hydrogens (tertiary/aromatic N) is 3. The molecule has 4 nitrogen and oxygen atoms in total. The lowest BCUT2D eigenvalue weighted by molar-refractivity contribution is 0.458. The van der Waals surface area contributed by atoms with Crippen molar-refractivity contribution in [1.82, 2.24) is 14.3 Å². The molecule has 0 bridgehead atoms. The minimum atomic E-state index is 0.0245. The van der Waals surface area contributed by atoms with Crippen LogP contribution in [0.3, 0.4) is 0 Å². The van der Waals surface area contributed by atoms with E-state index >= 15 is 0 Å². The Labute approximate surface area is 101 Å². The van der Waals surface area contributed by atoms with E-state index in [-0.39, 0.29) is 11.6 Å². The van der Waals surface area contributed by atoms with Crippen molar-refractivity contribution in [3.63, 3.8) is 0 Å². The van der Waals surface area contributed by atoms with E-state index in [9.17, 15) is 4.79 Å². The molecule has 2 aromatic heterocycles. The van der Waals surface area contributed by atoms with Crippen LogP contribution in [0.4, 0.5) is 0 Å². The third-order valence-corrected chi connectivity index (χ3v) is 3.08. The number of hydrogen-bond donors (Lipinski definition) is 0. The van der Waals surface area contributed by atoms with E-state index in [1.165, 1.54) is 0 Å². The van der Waals surface area contributed by atoms with E-state index < -0.39 is 0 Å². The summed E-state index contributed by atoms with van der Waals surface area (Å²) in [5.74, 6) is 0.371. The lowest BCUT2D eigenvalue weighted by atomic mass is 10.1. The molecule has 92 valence electrons. The minimum Gasteiger partial charge on any atom is -0.280 e. The van der Waals surface area contributed by atoms with Crippen LogP contribution in [-0.4, -0.2) is 14.3 Å². The molecule has 2 rings (SSSR count). The molecule has 0 aliphatic heterocycles. The fraction of sp³-hybridized carbons (Fsp3) is 0.538. The van der Waals surface area contributed by atoms with Crippen molar-refractivity contribution in [2.24, 2.45) is 7.05 Å². The van der Waals surface area contributed by atoms with Gasteiger partial charge in [-0.1, -0.05) is 13.8 Å². The summed E-state index contributed by atoms with van der Waals surface area (Å²) in [5.41, 5.74) is 2.03. The maximum atomic E-state index is 12.0. The Morgan fingerprint density at radius 1 is 1.24 bits per heavy atom. The van der Waals surface area contributed by atoms with Crippen LogP contribution in [0.2, 0.25) is 0 Å². The lowest BCUT2D eigenvalue weighted by Gasteiger charge is -2.13. The van der Waals surface area contributed by atoms with Gasteiger partial charge in [-0.25, -0.2) is 0 Å². The van der Waals surface area contributed by atoms with Crippen molar-refractivity contribution in [3.05, 3.63) is 28.3 Å². The van der Waals surface area contributed by atoms with E-state index in [1.807, 2.05) is 10.7 Å². The second-order valence-corrected chi connectivity index (χ2v) is 5.05. The van der Waals surface area contributed by atoms with Crippen molar-refractivity contribution in [2.45, 2.75) is 39.7 Å². The Kier molecular flexibility index (Phi) is 2.81. The maximum Gasteiger partial charge on any atom is 0.275 e. The molecule has 17 heavy (non-hydrogen) atoms. The van der Waals surface area contributed by atoms with Crippen molar-refractivity contribution in [1.29, 1.82) is 0 Å². The zero-order chi connectivity index (χ0) is 12.7. The number of hydrogen-bond acceptors (Lipinski definition) is 2. The summed E-state index contributed by atoms with van der Waals surface area (Å²) >= 11 is 0. The van der Waals surface area contributed by atoms with Crippen LogP contribution in [0.5, 0.6) is 0 Å². The van der Waals surface area contributed by atoms with Crippen molar-refractivity contribution in [2.75, 3.05) is 0 Å². The van der Waals surface area contributed by atoms with Gasteiger partial charge in [0.2, 0.25) is 0 Å². The third-order valence-electron chi connectivity index (χ3n) is 3.08. The second-order valence-electron chi connectivity index (χ2n) is 5.05. The number of pyridine rings is 1. The number of fused-ring (bicyclic) bond motifs is 1. The molecule has 0 saturated carbocycles. The highest BCUT2D eigenvalue weighted by Crippen LogP contribution is 2.19. The summed E-state index contributed by atoms with van der Waals surface area (Å²) in [7, 11) is 1.80. The van der Waals surface area contributed by atoms with E-state index in [1.54, 1.807) is 17.9 Å². The molecular weight excluding hydrogens is 214 g/mol. The van der Waals surface area contributed by atoms with Gasteiger partial charge in [0, 0.05) is 25.0 Å². The van der Waals surface area contributed by atoms with Gasteiger partial charge < -0.3 is 0 Å². The quantitative estimate of drug-likeness (QED) is 0.799. The summed E-state index contributed by atoms with van der Waals surface area (Å²) in [5, 5.41) is 0.700. The van der Waals surface area contributed by atoms with Gasteiger partial charge in [0.05, 0.1) is 10.9 Å². The normalized spacial score (nSPS) is 11.9. The van der Waals surface area contributed by atoms with Crippen LogP contribution in [-0.2, 0) is 7.05 Å². The van der Waals surface area contributed by atoms with Gasteiger partial charge in [-0.3, -0.25) is 19.1 Å². The van der Waals surface area contributed by atoms with E-state index in [0.29, 0.717) is 11.3 Å². The van der Waals surface area contributed by atoms with Gasteiger partial charge in [-0.2, -0.15) is 0 Å². The molecule has 0 unspecified atom stereocenters. The third kappa shape index (κ3) is 1.77. The Hall–Kier alpha value is -1.58. The largest absolute Gasteiger partial charge is 0.280 e. The molecule has 0 aliphatic rings. The molecule has 0 aliphatic carbocycles. The smallest absolute Gasteiger partial charge is 0.275 e. The highest BCUT2D eigenvalue weighted by Gasteiger charge is 2.14. The Morgan fingerprint density at radius 3 is 2.41 bits per heavy atom. The molecule has 2 aromatic rings. The Bertz CT molecular complexity index is 605. The monoisotopic (exact) mass is 233 g/mol. The van der Waals surface area contributed by atoms with Gasteiger partial charge in [-0.15, -0.1) is 0 Å². The summed E-state index contributed by atoms with van der Waals surface area (Å²) in [6.45, 7) is 8.37. The zero-order valence-electron chi connectivity index (χ0n) is 11.1. The average molecular weight is 233 g/mol. The fourth-order valence-corrected chi connectivity index (χ4v) is 2.19. The van der Waals surface area contributed by atoms with E-state index in [2.05, 4.69) is 32.7 Å². The first-order valence-corrected chi connectivity index (χ1v) is 6.00. The van der Waals surface area contributed by atoms with Gasteiger partial charge in [0.15, 0.2) is 0 Å². The maximum absolute atomic E-state index is 12.0. The highest BCUT2D eigenvalue weighted by atomic mass is 16.1. The summed E-state index contributed by atoms with van der Waals surface area (Å²) in [4.78, 5) is 16.4. The minimum absolute atomic E-state index is 0.0245. The predicted molar refractivity (Wildman–Crippen MR) is 69.4 cm³/mol. The topological polar surface area (TPSA) is 39.8 Å². The molecule has 0 aromatic carbocycles. The molecule has 0 radical (unpaired) electrons. The molecule has 0 atom stereocenters. The molecule has 0 spiro atoms. The van der Waals surface area contributed by atoms with E-state index in [0.717, 1.165) is 11.2 Å². The van der Waals surface area contributed by atoms with Gasteiger partial charge in [-0.05, 0) is 25.8 Å². The molecular formula is C13H19N3O. The molecule has 2 heterocycles. The van der Waals surface area contributed by atoms with Crippen LogP contribution in [0.25, 0.3) is 10.9 Å². The first-order valence-electron chi connectivity index (χ1n) is 6.00.